The molecule has 0 amide bonds. The number of methoxy groups -OCH3 is 1. The maximum atomic E-state index is 12.6. The van der Waals surface area contributed by atoms with Gasteiger partial charge in [0.05, 0.1) is 13.3 Å². The number of alkyl halides is 2. The molecule has 16 heavy (non-hydrogen) atoms. The predicted molar refractivity (Wildman–Crippen MR) is 50.4 cm³/mol. The average Bonchev–Trinajstić information content (AvgIpc) is 2.14. The van der Waals surface area contributed by atoms with Crippen molar-refractivity contribution in [3.63, 3.8) is 0 Å². The Bertz CT molecular complexity index is 505. The van der Waals surface area contributed by atoms with E-state index in [1.807, 2.05) is 0 Å². The number of rotatable bonds is 3. The molecule has 9 heteroatoms. The van der Waals surface area contributed by atoms with E-state index >= 15 is 0 Å². The molecule has 1 rings (SSSR count). The zero-order valence-corrected chi connectivity index (χ0v) is 9.39. The summed E-state index contributed by atoms with van der Waals surface area (Å²) in [7, 11) is 1.50. The molecule has 0 bridgehead atoms. The number of nitrogens with zero attached hydrogens (tertiary/aromatic N) is 1. The van der Waals surface area contributed by atoms with E-state index in [1.165, 1.54) is 0 Å². The highest BCUT2D eigenvalue weighted by Gasteiger charge is 2.29. The van der Waals surface area contributed by atoms with Gasteiger partial charge in [0.25, 0.3) is 15.5 Å². The van der Waals surface area contributed by atoms with Crippen molar-refractivity contribution >= 4 is 19.7 Å². The van der Waals surface area contributed by atoms with E-state index in [-0.39, 0.29) is 0 Å². The zero-order valence-electron chi connectivity index (χ0n) is 7.82. The summed E-state index contributed by atoms with van der Waals surface area (Å²) in [6.45, 7) is 0. The second kappa shape index (κ2) is 4.38. The van der Waals surface area contributed by atoms with Crippen LogP contribution in [0.15, 0.2) is 11.2 Å². The highest BCUT2D eigenvalue weighted by Crippen LogP contribution is 2.39. The van der Waals surface area contributed by atoms with E-state index < -0.39 is 37.6 Å². The first-order chi connectivity index (χ1) is 7.29. The third-order valence-corrected chi connectivity index (χ3v) is 2.89. The standard InChI is InChI=1S/C7H6ClF2NO4S/c1-15-5-3(12)2-11-7(16(8,13)14)4(5)6(9)10/h2,6,12H,1H3. The summed E-state index contributed by atoms with van der Waals surface area (Å²) in [5.41, 5.74) is -1.06. The zero-order chi connectivity index (χ0) is 12.5. The Labute approximate surface area is 94.1 Å². The minimum atomic E-state index is -4.44. The van der Waals surface area contributed by atoms with Crippen LogP contribution in [0.3, 0.4) is 0 Å². The fraction of sp³-hybridized carbons (Fsp3) is 0.286. The van der Waals surface area contributed by atoms with Crippen LogP contribution in [0.2, 0.25) is 0 Å². The smallest absolute Gasteiger partial charge is 0.279 e. The molecule has 1 N–H and O–H groups in total. The molecule has 0 saturated heterocycles. The number of hydrogen-bond donors (Lipinski definition) is 1. The highest BCUT2D eigenvalue weighted by atomic mass is 35.7. The van der Waals surface area contributed by atoms with Crippen LogP contribution in [0.5, 0.6) is 11.5 Å². The van der Waals surface area contributed by atoms with Crippen LogP contribution >= 0.6 is 10.7 Å². The van der Waals surface area contributed by atoms with Crippen molar-refractivity contribution in [3.8, 4) is 11.5 Å². The Hall–Kier alpha value is -1.15. The maximum Gasteiger partial charge on any atom is 0.279 e. The molecule has 1 aromatic rings. The van der Waals surface area contributed by atoms with Crippen molar-refractivity contribution in [2.45, 2.75) is 11.5 Å². The monoisotopic (exact) mass is 273 g/mol. The van der Waals surface area contributed by atoms with Crippen molar-refractivity contribution in [2.24, 2.45) is 0 Å². The summed E-state index contributed by atoms with van der Waals surface area (Å²) in [6.07, 6.45) is -2.53. The molecule has 1 aromatic heterocycles. The van der Waals surface area contributed by atoms with Crippen molar-refractivity contribution in [2.75, 3.05) is 7.11 Å². The number of aromatic hydroxyl groups is 1. The summed E-state index contributed by atoms with van der Waals surface area (Å²) >= 11 is 0. The Kier molecular flexibility index (Phi) is 3.54. The van der Waals surface area contributed by atoms with E-state index in [9.17, 15) is 22.3 Å². The quantitative estimate of drug-likeness (QED) is 0.848. The first kappa shape index (κ1) is 12.9. The molecule has 0 aliphatic rings. The summed E-state index contributed by atoms with van der Waals surface area (Å²) in [4.78, 5) is 3.15. The molecule has 0 spiro atoms. The second-order valence-corrected chi connectivity index (χ2v) is 5.12. The average molecular weight is 274 g/mol. The topological polar surface area (TPSA) is 76.5 Å². The Balaban J connectivity index is 3.65. The fourth-order valence-corrected chi connectivity index (χ4v) is 2.08. The number of halogens is 3. The summed E-state index contributed by atoms with van der Waals surface area (Å²) in [5, 5.41) is 8.14. The first-order valence-electron chi connectivity index (χ1n) is 3.77. The second-order valence-electron chi connectivity index (χ2n) is 2.63. The molecule has 0 fully saturated rings. The largest absolute Gasteiger partial charge is 0.503 e. The van der Waals surface area contributed by atoms with Crippen LogP contribution in [-0.4, -0.2) is 25.6 Å². The number of pyridine rings is 1. The molecular formula is C7H6ClF2NO4S. The van der Waals surface area contributed by atoms with Crippen molar-refractivity contribution in [3.05, 3.63) is 11.8 Å². The summed E-state index contributed by atoms with van der Waals surface area (Å²) < 4.78 is 51.7. The lowest BCUT2D eigenvalue weighted by atomic mass is 10.2. The van der Waals surface area contributed by atoms with Crippen LogP contribution in [0, 0.1) is 0 Å². The van der Waals surface area contributed by atoms with Crippen LogP contribution in [0.4, 0.5) is 8.78 Å². The minimum absolute atomic E-state index is 0.663. The Morgan fingerprint density at radius 2 is 2.12 bits per heavy atom. The van der Waals surface area contributed by atoms with Crippen molar-refractivity contribution in [1.82, 2.24) is 4.98 Å². The van der Waals surface area contributed by atoms with Gasteiger partial charge in [-0.1, -0.05) is 0 Å². The van der Waals surface area contributed by atoms with E-state index in [0.717, 1.165) is 7.11 Å². The highest BCUT2D eigenvalue weighted by molar-refractivity contribution is 8.13. The van der Waals surface area contributed by atoms with E-state index in [0.29, 0.717) is 6.20 Å². The molecule has 0 aromatic carbocycles. The van der Waals surface area contributed by atoms with Gasteiger partial charge in [0.1, 0.15) is 5.56 Å². The molecule has 0 atom stereocenters. The summed E-state index contributed by atoms with van der Waals surface area (Å²) in [6, 6.07) is 0. The van der Waals surface area contributed by atoms with Crippen LogP contribution < -0.4 is 4.74 Å². The van der Waals surface area contributed by atoms with Gasteiger partial charge < -0.3 is 9.84 Å². The molecule has 1 heterocycles. The lowest BCUT2D eigenvalue weighted by Crippen LogP contribution is -2.05. The van der Waals surface area contributed by atoms with E-state index in [2.05, 4.69) is 9.72 Å². The van der Waals surface area contributed by atoms with Gasteiger partial charge >= 0.3 is 0 Å². The van der Waals surface area contributed by atoms with E-state index in [4.69, 9.17) is 10.7 Å². The number of ether oxygens (including phenoxy) is 1. The van der Waals surface area contributed by atoms with Crippen LogP contribution in [0.1, 0.15) is 12.0 Å². The van der Waals surface area contributed by atoms with Gasteiger partial charge in [0.15, 0.2) is 16.5 Å². The van der Waals surface area contributed by atoms with Crippen LogP contribution in [-0.2, 0) is 9.05 Å². The third-order valence-electron chi connectivity index (χ3n) is 1.67. The van der Waals surface area contributed by atoms with Crippen molar-refractivity contribution < 1.29 is 27.0 Å². The molecule has 0 aliphatic heterocycles. The van der Waals surface area contributed by atoms with Gasteiger partial charge in [0.2, 0.25) is 0 Å². The third kappa shape index (κ3) is 2.33. The Morgan fingerprint density at radius 3 is 2.50 bits per heavy atom. The summed E-state index contributed by atoms with van der Waals surface area (Å²) in [5.74, 6) is -1.36. The minimum Gasteiger partial charge on any atom is -0.503 e. The SMILES string of the molecule is COc1c(O)cnc(S(=O)(=O)Cl)c1C(F)F. The molecule has 90 valence electrons. The van der Waals surface area contributed by atoms with Gasteiger partial charge in [-0.3, -0.25) is 0 Å². The molecule has 0 unspecified atom stereocenters. The van der Waals surface area contributed by atoms with Gasteiger partial charge in [0, 0.05) is 10.7 Å². The van der Waals surface area contributed by atoms with Gasteiger partial charge in [-0.15, -0.1) is 0 Å². The van der Waals surface area contributed by atoms with E-state index in [1.54, 1.807) is 0 Å². The molecule has 0 radical (unpaired) electrons. The molecule has 0 saturated carbocycles. The fourth-order valence-electron chi connectivity index (χ4n) is 1.08. The number of aromatic nitrogens is 1. The van der Waals surface area contributed by atoms with Crippen molar-refractivity contribution in [1.29, 1.82) is 0 Å². The van der Waals surface area contributed by atoms with Crippen LogP contribution in [0.25, 0.3) is 0 Å². The first-order valence-corrected chi connectivity index (χ1v) is 6.08. The lowest BCUT2D eigenvalue weighted by Gasteiger charge is -2.11. The predicted octanol–water partition coefficient (Wildman–Crippen LogP) is 1.66. The van der Waals surface area contributed by atoms with Gasteiger partial charge in [-0.2, -0.15) is 0 Å². The lowest BCUT2D eigenvalue weighted by molar-refractivity contribution is 0.141. The molecule has 5 nitrogen and oxygen atoms in total. The maximum absolute atomic E-state index is 12.6. The Morgan fingerprint density at radius 1 is 1.56 bits per heavy atom. The van der Waals surface area contributed by atoms with Gasteiger partial charge in [-0.25, -0.2) is 22.2 Å². The normalized spacial score (nSPS) is 11.8. The number of hydrogen-bond acceptors (Lipinski definition) is 5. The van der Waals surface area contributed by atoms with Gasteiger partial charge in [-0.05, 0) is 0 Å². The molecular weight excluding hydrogens is 268 g/mol. The molecule has 0 aliphatic carbocycles.